The summed E-state index contributed by atoms with van der Waals surface area (Å²) < 4.78 is 13.5. The summed E-state index contributed by atoms with van der Waals surface area (Å²) in [4.78, 5) is 28.7. The summed E-state index contributed by atoms with van der Waals surface area (Å²) in [5.74, 6) is -0.578. The van der Waals surface area contributed by atoms with E-state index in [0.29, 0.717) is 25.8 Å². The lowest BCUT2D eigenvalue weighted by atomic mass is 10.0. The minimum atomic E-state index is -0.663. The maximum atomic E-state index is 13.6. The van der Waals surface area contributed by atoms with Crippen molar-refractivity contribution in [3.63, 3.8) is 0 Å². The number of nitrogens with zero attached hydrogens (tertiary/aromatic N) is 1. The quantitative estimate of drug-likeness (QED) is 0.306. The van der Waals surface area contributed by atoms with Crippen LogP contribution >= 0.6 is 0 Å². The van der Waals surface area contributed by atoms with Crippen LogP contribution in [0.25, 0.3) is 0 Å². The molecule has 4 nitrogen and oxygen atoms in total. The van der Waals surface area contributed by atoms with Gasteiger partial charge < -0.3 is 10.2 Å². The lowest BCUT2D eigenvalue weighted by Gasteiger charge is -2.31. The average molecular weight is 489 g/mol. The van der Waals surface area contributed by atoms with Crippen molar-refractivity contribution >= 4 is 11.8 Å². The number of hydrogen-bond donors (Lipinski definition) is 1. The molecule has 0 aliphatic carbocycles. The van der Waals surface area contributed by atoms with E-state index in [4.69, 9.17) is 0 Å². The second kappa shape index (κ2) is 14.2. The first-order valence-electron chi connectivity index (χ1n) is 12.9. The van der Waals surface area contributed by atoms with Gasteiger partial charge in [-0.25, -0.2) is 4.39 Å². The van der Waals surface area contributed by atoms with Gasteiger partial charge in [0, 0.05) is 25.9 Å². The number of carbonyl (C=O) groups excluding carboxylic acids is 2. The third kappa shape index (κ3) is 8.33. The molecule has 0 radical (unpaired) electrons. The highest BCUT2D eigenvalue weighted by atomic mass is 19.1. The zero-order chi connectivity index (χ0) is 25.8. The van der Waals surface area contributed by atoms with E-state index >= 15 is 0 Å². The first-order valence-corrected chi connectivity index (χ1v) is 12.9. The van der Waals surface area contributed by atoms with Crippen molar-refractivity contribution in [3.05, 3.63) is 107 Å². The number of aryl methyl sites for hydroxylation is 2. The first kappa shape index (κ1) is 27.1. The Morgan fingerprint density at radius 3 is 2.11 bits per heavy atom. The molecule has 3 aromatic rings. The number of amides is 2. The number of nitrogens with one attached hydrogen (secondary N) is 1. The molecule has 0 aliphatic rings. The largest absolute Gasteiger partial charge is 0.354 e. The van der Waals surface area contributed by atoms with Crippen molar-refractivity contribution in [2.75, 3.05) is 6.54 Å². The van der Waals surface area contributed by atoms with E-state index in [1.165, 1.54) is 17.7 Å². The number of rotatable bonds is 13. The van der Waals surface area contributed by atoms with Gasteiger partial charge in [0.15, 0.2) is 0 Å². The van der Waals surface area contributed by atoms with Crippen LogP contribution in [-0.4, -0.2) is 29.3 Å². The summed E-state index contributed by atoms with van der Waals surface area (Å²) in [5.41, 5.74) is 4.13. The van der Waals surface area contributed by atoms with Gasteiger partial charge in [0.25, 0.3) is 0 Å². The molecule has 1 N–H and O–H groups in total. The van der Waals surface area contributed by atoms with Gasteiger partial charge in [-0.1, -0.05) is 87.0 Å². The summed E-state index contributed by atoms with van der Waals surface area (Å²) in [6.07, 6.45) is 4.12. The lowest BCUT2D eigenvalue weighted by Crippen LogP contribution is -2.50. The molecule has 3 aromatic carbocycles. The van der Waals surface area contributed by atoms with Gasteiger partial charge in [-0.05, 0) is 53.6 Å². The molecule has 0 spiro atoms. The van der Waals surface area contributed by atoms with Gasteiger partial charge in [0.05, 0.1) is 0 Å². The molecule has 1 atom stereocenters. The molecule has 190 valence electrons. The number of unbranched alkanes of at least 4 members (excludes halogenated alkanes) is 1. The number of benzene rings is 3. The first-order chi connectivity index (χ1) is 17.5. The molecule has 3 rings (SSSR count). The molecule has 0 saturated carbocycles. The molecule has 0 saturated heterocycles. The Morgan fingerprint density at radius 2 is 1.47 bits per heavy atom. The fourth-order valence-corrected chi connectivity index (χ4v) is 4.18. The maximum absolute atomic E-state index is 13.6. The molecular weight excluding hydrogens is 451 g/mol. The van der Waals surface area contributed by atoms with Crippen LogP contribution in [0.15, 0.2) is 78.9 Å². The van der Waals surface area contributed by atoms with Crippen LogP contribution in [0.3, 0.4) is 0 Å². The predicted octanol–water partition coefficient (Wildman–Crippen LogP) is 5.88. The van der Waals surface area contributed by atoms with Gasteiger partial charge in [0.1, 0.15) is 11.9 Å². The van der Waals surface area contributed by atoms with E-state index < -0.39 is 6.04 Å². The van der Waals surface area contributed by atoms with Crippen LogP contribution in [0.2, 0.25) is 0 Å². The second-order valence-electron chi connectivity index (χ2n) is 9.17. The molecule has 0 heterocycles. The lowest BCUT2D eigenvalue weighted by molar-refractivity contribution is -0.141. The van der Waals surface area contributed by atoms with E-state index in [-0.39, 0.29) is 24.2 Å². The van der Waals surface area contributed by atoms with Crippen molar-refractivity contribution in [3.8, 4) is 0 Å². The molecule has 36 heavy (non-hydrogen) atoms. The zero-order valence-corrected chi connectivity index (χ0v) is 21.4. The monoisotopic (exact) mass is 488 g/mol. The summed E-state index contributed by atoms with van der Waals surface area (Å²) in [6.45, 7) is 5.00. The number of hydrogen-bond acceptors (Lipinski definition) is 2. The standard InChI is InChI=1S/C31H37FN2O2/c1-3-5-21-33-31(36)29(22-26-9-7-6-8-10-26)34(23-27-15-18-28(32)19-16-27)30(35)20-17-25-13-11-24(4-2)12-14-25/h6-16,18-19,29H,3-5,17,20-23H2,1-2H3,(H,33,36)/t29-/m0/s1. The number of halogens is 1. The van der Waals surface area contributed by atoms with Gasteiger partial charge in [-0.15, -0.1) is 0 Å². The molecule has 5 heteroatoms. The third-order valence-corrected chi connectivity index (χ3v) is 6.43. The van der Waals surface area contributed by atoms with Crippen molar-refractivity contribution < 1.29 is 14.0 Å². The average Bonchev–Trinajstić information content (AvgIpc) is 2.91. The molecule has 0 aliphatic heterocycles. The van der Waals surface area contributed by atoms with Crippen LogP contribution in [0, 0.1) is 5.82 Å². The fourth-order valence-electron chi connectivity index (χ4n) is 4.18. The van der Waals surface area contributed by atoms with E-state index in [1.54, 1.807) is 17.0 Å². The molecular formula is C31H37FN2O2. The molecule has 0 fully saturated rings. The summed E-state index contributed by atoms with van der Waals surface area (Å²) in [6, 6.07) is 23.5. The highest BCUT2D eigenvalue weighted by Crippen LogP contribution is 2.18. The zero-order valence-electron chi connectivity index (χ0n) is 21.4. The van der Waals surface area contributed by atoms with Crippen molar-refractivity contribution in [2.45, 2.75) is 65.0 Å². The minimum absolute atomic E-state index is 0.0922. The summed E-state index contributed by atoms with van der Waals surface area (Å²) in [5, 5.41) is 3.03. The Hall–Kier alpha value is -3.47. The molecule has 2 amide bonds. The SMILES string of the molecule is CCCCNC(=O)[C@H](Cc1ccccc1)N(Cc1ccc(F)cc1)C(=O)CCc1ccc(CC)cc1. The predicted molar refractivity (Wildman–Crippen MR) is 143 cm³/mol. The summed E-state index contributed by atoms with van der Waals surface area (Å²) in [7, 11) is 0. The Labute approximate surface area is 214 Å². The Kier molecular flexibility index (Phi) is 10.7. The van der Waals surface area contributed by atoms with E-state index in [0.717, 1.165) is 36.0 Å². The topological polar surface area (TPSA) is 49.4 Å². The van der Waals surface area contributed by atoms with Crippen LogP contribution in [0.5, 0.6) is 0 Å². The number of carbonyl (C=O) groups is 2. The smallest absolute Gasteiger partial charge is 0.243 e. The van der Waals surface area contributed by atoms with Crippen LogP contribution in [-0.2, 0) is 35.4 Å². The molecule has 0 aromatic heterocycles. The fraction of sp³-hybridized carbons (Fsp3) is 0.355. The Morgan fingerprint density at radius 1 is 0.833 bits per heavy atom. The van der Waals surface area contributed by atoms with E-state index in [9.17, 15) is 14.0 Å². The van der Waals surface area contributed by atoms with Gasteiger partial charge in [0.2, 0.25) is 11.8 Å². The highest BCUT2D eigenvalue weighted by molar-refractivity contribution is 5.88. The molecule has 0 unspecified atom stereocenters. The van der Waals surface area contributed by atoms with Crippen LogP contribution < -0.4 is 5.32 Å². The second-order valence-corrected chi connectivity index (χ2v) is 9.17. The third-order valence-electron chi connectivity index (χ3n) is 6.43. The van der Waals surface area contributed by atoms with Crippen LogP contribution in [0.4, 0.5) is 4.39 Å². The minimum Gasteiger partial charge on any atom is -0.354 e. The normalized spacial score (nSPS) is 11.6. The van der Waals surface area contributed by atoms with Crippen LogP contribution in [0.1, 0.15) is 55.4 Å². The van der Waals surface area contributed by atoms with Gasteiger partial charge in [-0.3, -0.25) is 9.59 Å². The summed E-state index contributed by atoms with van der Waals surface area (Å²) >= 11 is 0. The van der Waals surface area contributed by atoms with Gasteiger partial charge >= 0.3 is 0 Å². The highest BCUT2D eigenvalue weighted by Gasteiger charge is 2.30. The van der Waals surface area contributed by atoms with Crippen molar-refractivity contribution in [1.82, 2.24) is 10.2 Å². The van der Waals surface area contributed by atoms with Gasteiger partial charge in [-0.2, -0.15) is 0 Å². The maximum Gasteiger partial charge on any atom is 0.243 e. The van der Waals surface area contributed by atoms with E-state index in [1.807, 2.05) is 30.3 Å². The van der Waals surface area contributed by atoms with Crippen molar-refractivity contribution in [1.29, 1.82) is 0 Å². The van der Waals surface area contributed by atoms with Crippen molar-refractivity contribution in [2.24, 2.45) is 0 Å². The Bertz CT molecular complexity index is 1080. The van der Waals surface area contributed by atoms with E-state index in [2.05, 4.69) is 43.4 Å². The molecule has 0 bridgehead atoms. The Balaban J connectivity index is 1.85.